The summed E-state index contributed by atoms with van der Waals surface area (Å²) in [5.74, 6) is -0.878. The third-order valence-corrected chi connectivity index (χ3v) is 3.60. The standard InChI is InChI=1S/C16H24N2O3/c1-5-11(4)14(15(19)20)18-16(21)17-13-9-7-6-8-12(13)10(2)3/h6-11,14H,5H2,1-4H3,(H,19,20)(H2,17,18,21)/t11-,14-/m0/s1. The summed E-state index contributed by atoms with van der Waals surface area (Å²) in [7, 11) is 0. The first kappa shape index (κ1) is 17.0. The molecule has 0 aliphatic rings. The number of benzene rings is 1. The summed E-state index contributed by atoms with van der Waals surface area (Å²) >= 11 is 0. The Hall–Kier alpha value is -2.04. The molecule has 3 N–H and O–H groups in total. The van der Waals surface area contributed by atoms with Crippen LogP contribution < -0.4 is 10.6 Å². The lowest BCUT2D eigenvalue weighted by molar-refractivity contribution is -0.140. The number of hydrogen-bond donors (Lipinski definition) is 3. The van der Waals surface area contributed by atoms with Crippen molar-refractivity contribution in [2.24, 2.45) is 5.92 Å². The average Bonchev–Trinajstić information content (AvgIpc) is 2.44. The largest absolute Gasteiger partial charge is 0.480 e. The van der Waals surface area contributed by atoms with Gasteiger partial charge in [-0.1, -0.05) is 52.3 Å². The molecule has 1 aromatic rings. The second-order valence-corrected chi connectivity index (χ2v) is 5.54. The zero-order valence-corrected chi connectivity index (χ0v) is 13.0. The van der Waals surface area contributed by atoms with Crippen LogP contribution in [0.2, 0.25) is 0 Å². The van der Waals surface area contributed by atoms with Crippen LogP contribution in [0.5, 0.6) is 0 Å². The van der Waals surface area contributed by atoms with Gasteiger partial charge in [0.1, 0.15) is 6.04 Å². The number of amides is 2. The summed E-state index contributed by atoms with van der Waals surface area (Å²) in [5.41, 5.74) is 1.72. The van der Waals surface area contributed by atoms with Crippen LogP contribution in [0.3, 0.4) is 0 Å². The van der Waals surface area contributed by atoms with Crippen LogP contribution in [-0.2, 0) is 4.79 Å². The molecule has 2 amide bonds. The van der Waals surface area contributed by atoms with Crippen LogP contribution in [0.15, 0.2) is 24.3 Å². The highest BCUT2D eigenvalue weighted by atomic mass is 16.4. The maximum absolute atomic E-state index is 12.0. The first-order valence-electron chi connectivity index (χ1n) is 7.26. The fraction of sp³-hybridized carbons (Fsp3) is 0.500. The van der Waals surface area contributed by atoms with Crippen LogP contribution in [0.1, 0.15) is 45.6 Å². The lowest BCUT2D eigenvalue weighted by Crippen LogP contribution is -2.46. The highest BCUT2D eigenvalue weighted by molar-refractivity contribution is 5.93. The number of anilines is 1. The van der Waals surface area contributed by atoms with Crippen molar-refractivity contribution in [1.29, 1.82) is 0 Å². The number of nitrogens with one attached hydrogen (secondary N) is 2. The molecule has 2 atom stereocenters. The summed E-state index contributed by atoms with van der Waals surface area (Å²) in [5, 5.41) is 14.5. The number of carboxylic acids is 1. The predicted molar refractivity (Wildman–Crippen MR) is 83.6 cm³/mol. The van der Waals surface area contributed by atoms with Crippen molar-refractivity contribution in [3.63, 3.8) is 0 Å². The molecular formula is C16H24N2O3. The van der Waals surface area contributed by atoms with Gasteiger partial charge in [-0.05, 0) is 23.5 Å². The molecule has 0 spiro atoms. The van der Waals surface area contributed by atoms with Gasteiger partial charge in [-0.15, -0.1) is 0 Å². The fourth-order valence-corrected chi connectivity index (χ4v) is 2.10. The van der Waals surface area contributed by atoms with Crippen LogP contribution in [0.25, 0.3) is 0 Å². The van der Waals surface area contributed by atoms with E-state index in [1.165, 1.54) is 0 Å². The first-order valence-corrected chi connectivity index (χ1v) is 7.26. The van der Waals surface area contributed by atoms with Gasteiger partial charge in [-0.3, -0.25) is 0 Å². The van der Waals surface area contributed by atoms with E-state index in [-0.39, 0.29) is 11.8 Å². The Morgan fingerprint density at radius 3 is 2.33 bits per heavy atom. The molecule has 0 aliphatic carbocycles. The number of para-hydroxylation sites is 1. The van der Waals surface area contributed by atoms with Crippen molar-refractivity contribution in [2.75, 3.05) is 5.32 Å². The highest BCUT2D eigenvalue weighted by Crippen LogP contribution is 2.23. The lowest BCUT2D eigenvalue weighted by atomic mass is 9.99. The van der Waals surface area contributed by atoms with E-state index in [1.807, 2.05) is 45.0 Å². The SMILES string of the molecule is CC[C@H](C)[C@H](NC(=O)Nc1ccccc1C(C)C)C(=O)O. The molecule has 0 radical (unpaired) electrons. The Morgan fingerprint density at radius 2 is 1.81 bits per heavy atom. The molecule has 0 fully saturated rings. The topological polar surface area (TPSA) is 78.4 Å². The van der Waals surface area contributed by atoms with Crippen LogP contribution in [-0.4, -0.2) is 23.1 Å². The van der Waals surface area contributed by atoms with Gasteiger partial charge in [0.25, 0.3) is 0 Å². The van der Waals surface area contributed by atoms with E-state index < -0.39 is 18.0 Å². The number of carbonyl (C=O) groups excluding carboxylic acids is 1. The van der Waals surface area contributed by atoms with E-state index in [4.69, 9.17) is 0 Å². The minimum Gasteiger partial charge on any atom is -0.480 e. The maximum atomic E-state index is 12.0. The smallest absolute Gasteiger partial charge is 0.326 e. The van der Waals surface area contributed by atoms with Crippen molar-refractivity contribution in [3.8, 4) is 0 Å². The quantitative estimate of drug-likeness (QED) is 0.751. The molecule has 0 aromatic heterocycles. The fourth-order valence-electron chi connectivity index (χ4n) is 2.10. The first-order chi connectivity index (χ1) is 9.86. The third kappa shape index (κ3) is 4.77. The molecule has 0 saturated carbocycles. The summed E-state index contributed by atoms with van der Waals surface area (Å²) in [6.07, 6.45) is 0.680. The van der Waals surface area contributed by atoms with Gasteiger partial charge in [0.2, 0.25) is 0 Å². The van der Waals surface area contributed by atoms with Gasteiger partial charge >= 0.3 is 12.0 Å². The molecule has 5 nitrogen and oxygen atoms in total. The van der Waals surface area contributed by atoms with Crippen molar-refractivity contribution >= 4 is 17.7 Å². The third-order valence-electron chi connectivity index (χ3n) is 3.60. The van der Waals surface area contributed by atoms with Gasteiger partial charge in [-0.25, -0.2) is 9.59 Å². The number of rotatable bonds is 6. The predicted octanol–water partition coefficient (Wildman–Crippen LogP) is 3.43. The molecule has 5 heteroatoms. The summed E-state index contributed by atoms with van der Waals surface area (Å²) < 4.78 is 0. The van der Waals surface area contributed by atoms with E-state index >= 15 is 0 Å². The molecule has 0 heterocycles. The normalized spacial score (nSPS) is 13.6. The monoisotopic (exact) mass is 292 g/mol. The van der Waals surface area contributed by atoms with Crippen molar-refractivity contribution in [1.82, 2.24) is 5.32 Å². The Balaban J connectivity index is 2.80. The highest BCUT2D eigenvalue weighted by Gasteiger charge is 2.25. The van der Waals surface area contributed by atoms with Gasteiger partial charge in [0.05, 0.1) is 0 Å². The van der Waals surface area contributed by atoms with Crippen molar-refractivity contribution in [3.05, 3.63) is 29.8 Å². The number of carboxylic acid groups (broad SMARTS) is 1. The molecule has 1 aromatic carbocycles. The molecule has 21 heavy (non-hydrogen) atoms. The van der Waals surface area contributed by atoms with E-state index in [9.17, 15) is 14.7 Å². The molecule has 1 rings (SSSR count). The minimum absolute atomic E-state index is 0.131. The Bertz CT molecular complexity index is 500. The van der Waals surface area contributed by atoms with E-state index in [0.717, 1.165) is 5.56 Å². The van der Waals surface area contributed by atoms with Crippen LogP contribution >= 0.6 is 0 Å². The van der Waals surface area contributed by atoms with Crippen LogP contribution in [0.4, 0.5) is 10.5 Å². The van der Waals surface area contributed by atoms with E-state index in [0.29, 0.717) is 12.1 Å². The summed E-state index contributed by atoms with van der Waals surface area (Å²) in [6.45, 7) is 7.78. The van der Waals surface area contributed by atoms with Crippen LogP contribution in [0, 0.1) is 5.92 Å². The molecule has 0 aliphatic heterocycles. The lowest BCUT2D eigenvalue weighted by Gasteiger charge is -2.21. The number of urea groups is 1. The van der Waals surface area contributed by atoms with E-state index in [1.54, 1.807) is 6.92 Å². The summed E-state index contributed by atoms with van der Waals surface area (Å²) in [6, 6.07) is 6.14. The second-order valence-electron chi connectivity index (χ2n) is 5.54. The zero-order valence-electron chi connectivity index (χ0n) is 13.0. The van der Waals surface area contributed by atoms with Gasteiger partial charge in [0.15, 0.2) is 0 Å². The van der Waals surface area contributed by atoms with Crippen molar-refractivity contribution < 1.29 is 14.7 Å². The van der Waals surface area contributed by atoms with Gasteiger partial charge < -0.3 is 15.7 Å². The number of aliphatic carboxylic acids is 1. The van der Waals surface area contributed by atoms with E-state index in [2.05, 4.69) is 10.6 Å². The van der Waals surface area contributed by atoms with Gasteiger partial charge in [0, 0.05) is 5.69 Å². The number of hydrogen-bond acceptors (Lipinski definition) is 2. The molecular weight excluding hydrogens is 268 g/mol. The summed E-state index contributed by atoms with van der Waals surface area (Å²) in [4.78, 5) is 23.3. The zero-order chi connectivity index (χ0) is 16.0. The Morgan fingerprint density at radius 1 is 1.19 bits per heavy atom. The minimum atomic E-state index is -1.02. The average molecular weight is 292 g/mol. The van der Waals surface area contributed by atoms with Crippen molar-refractivity contribution in [2.45, 2.75) is 46.1 Å². The molecule has 0 bridgehead atoms. The maximum Gasteiger partial charge on any atom is 0.326 e. The Labute approximate surface area is 125 Å². The molecule has 116 valence electrons. The molecule has 0 saturated heterocycles. The molecule has 0 unspecified atom stereocenters. The second kappa shape index (κ2) is 7.67. The van der Waals surface area contributed by atoms with Gasteiger partial charge in [-0.2, -0.15) is 0 Å². The Kier molecular flexibility index (Phi) is 6.21. The number of carbonyl (C=O) groups is 2.